The van der Waals surface area contributed by atoms with Crippen LogP contribution in [0.5, 0.6) is 0 Å². The van der Waals surface area contributed by atoms with Gasteiger partial charge >= 0.3 is 0 Å². The van der Waals surface area contributed by atoms with E-state index in [1.54, 1.807) is 6.07 Å². The molecule has 1 aliphatic heterocycles. The molecule has 0 aliphatic carbocycles. The monoisotopic (exact) mass is 478 g/mol. The van der Waals surface area contributed by atoms with Crippen molar-refractivity contribution in [1.29, 1.82) is 0 Å². The molecule has 0 bridgehead atoms. The van der Waals surface area contributed by atoms with Gasteiger partial charge in [0, 0.05) is 31.7 Å². The van der Waals surface area contributed by atoms with Gasteiger partial charge in [-0.25, -0.2) is 4.39 Å². The van der Waals surface area contributed by atoms with Crippen LogP contribution in [0.4, 0.5) is 4.39 Å². The number of benzene rings is 1. The molecule has 0 spiro atoms. The van der Waals surface area contributed by atoms with Gasteiger partial charge in [-0.1, -0.05) is 18.2 Å². The van der Waals surface area contributed by atoms with Crippen molar-refractivity contribution in [3.05, 3.63) is 35.6 Å². The van der Waals surface area contributed by atoms with Crippen molar-refractivity contribution in [3.8, 4) is 0 Å². The molecule has 0 saturated carbocycles. The summed E-state index contributed by atoms with van der Waals surface area (Å²) in [6.45, 7) is 12.1. The van der Waals surface area contributed by atoms with E-state index in [0.717, 1.165) is 44.4 Å². The summed E-state index contributed by atoms with van der Waals surface area (Å²) in [7, 11) is 0. The SMILES string of the molecule is CCNC(=NCC(C)(C)N1CCOCC1)NCCc1ccccc1F.I. The van der Waals surface area contributed by atoms with Crippen LogP contribution in [0.25, 0.3) is 0 Å². The Morgan fingerprint density at radius 3 is 2.58 bits per heavy atom. The fourth-order valence-corrected chi connectivity index (χ4v) is 2.90. The Hall–Kier alpha value is -0.930. The molecule has 2 N–H and O–H groups in total. The molecule has 5 nitrogen and oxygen atoms in total. The molecule has 148 valence electrons. The summed E-state index contributed by atoms with van der Waals surface area (Å²) in [5, 5.41) is 6.56. The van der Waals surface area contributed by atoms with Crippen molar-refractivity contribution < 1.29 is 9.13 Å². The van der Waals surface area contributed by atoms with Crippen molar-refractivity contribution in [3.63, 3.8) is 0 Å². The van der Waals surface area contributed by atoms with Crippen LogP contribution in [0.15, 0.2) is 29.3 Å². The fourth-order valence-electron chi connectivity index (χ4n) is 2.90. The zero-order valence-corrected chi connectivity index (χ0v) is 18.4. The van der Waals surface area contributed by atoms with Gasteiger partial charge in [-0.15, -0.1) is 24.0 Å². The van der Waals surface area contributed by atoms with Crippen LogP contribution >= 0.6 is 24.0 Å². The molecule has 0 aromatic heterocycles. The molecule has 1 aromatic carbocycles. The van der Waals surface area contributed by atoms with E-state index in [1.807, 2.05) is 19.1 Å². The third-order valence-corrected chi connectivity index (χ3v) is 4.48. The molecule has 2 rings (SSSR count). The van der Waals surface area contributed by atoms with Crippen LogP contribution in [0.2, 0.25) is 0 Å². The first-order chi connectivity index (χ1) is 12.0. The highest BCUT2D eigenvalue weighted by Gasteiger charge is 2.28. The summed E-state index contributed by atoms with van der Waals surface area (Å²) < 4.78 is 19.1. The summed E-state index contributed by atoms with van der Waals surface area (Å²) >= 11 is 0. The molecule has 1 heterocycles. The zero-order chi connectivity index (χ0) is 18.1. The molecular formula is C19H32FIN4O. The summed E-state index contributed by atoms with van der Waals surface area (Å²) in [5.41, 5.74) is 0.706. The number of hydrogen-bond donors (Lipinski definition) is 2. The van der Waals surface area contributed by atoms with E-state index in [9.17, 15) is 4.39 Å². The predicted molar refractivity (Wildman–Crippen MR) is 116 cm³/mol. The minimum absolute atomic E-state index is 0. The molecule has 1 saturated heterocycles. The normalized spacial score (nSPS) is 16.1. The van der Waals surface area contributed by atoms with Crippen LogP contribution in [0, 0.1) is 5.82 Å². The largest absolute Gasteiger partial charge is 0.379 e. The summed E-state index contributed by atoms with van der Waals surface area (Å²) in [6, 6.07) is 6.90. The van der Waals surface area contributed by atoms with Crippen LogP contribution < -0.4 is 10.6 Å². The van der Waals surface area contributed by atoms with Gasteiger partial charge in [-0.3, -0.25) is 9.89 Å². The number of nitrogens with one attached hydrogen (secondary N) is 2. The van der Waals surface area contributed by atoms with Crippen molar-refractivity contribution in [1.82, 2.24) is 15.5 Å². The van der Waals surface area contributed by atoms with Gasteiger partial charge in [0.15, 0.2) is 5.96 Å². The number of halogens is 2. The van der Waals surface area contributed by atoms with Crippen molar-refractivity contribution in [2.45, 2.75) is 32.7 Å². The van der Waals surface area contributed by atoms with Crippen molar-refractivity contribution >= 4 is 29.9 Å². The number of nitrogens with zero attached hydrogens (tertiary/aromatic N) is 2. The standard InChI is InChI=1S/C19H31FN4O.HI/c1-4-21-18(22-10-9-16-7-5-6-8-17(16)20)23-15-19(2,3)24-11-13-25-14-12-24;/h5-8H,4,9-15H2,1-3H3,(H2,21,22,23);1H. The maximum Gasteiger partial charge on any atom is 0.191 e. The third kappa shape index (κ3) is 7.36. The van der Waals surface area contributed by atoms with E-state index >= 15 is 0 Å². The summed E-state index contributed by atoms with van der Waals surface area (Å²) in [5.74, 6) is 0.625. The number of ether oxygens (including phenoxy) is 1. The van der Waals surface area contributed by atoms with Gasteiger partial charge in [-0.2, -0.15) is 0 Å². The van der Waals surface area contributed by atoms with E-state index in [4.69, 9.17) is 9.73 Å². The Morgan fingerprint density at radius 2 is 1.92 bits per heavy atom. The second-order valence-corrected chi connectivity index (χ2v) is 6.88. The molecular weight excluding hydrogens is 446 g/mol. The highest BCUT2D eigenvalue weighted by Crippen LogP contribution is 2.16. The Bertz CT molecular complexity index is 562. The average molecular weight is 478 g/mol. The first kappa shape index (κ1) is 23.1. The highest BCUT2D eigenvalue weighted by molar-refractivity contribution is 14.0. The molecule has 0 radical (unpaired) electrons. The van der Waals surface area contributed by atoms with Gasteiger partial charge in [0.05, 0.1) is 19.8 Å². The Balaban J connectivity index is 0.00000338. The van der Waals surface area contributed by atoms with E-state index in [2.05, 4.69) is 29.4 Å². The van der Waals surface area contributed by atoms with Crippen LogP contribution in [-0.4, -0.2) is 62.3 Å². The third-order valence-electron chi connectivity index (χ3n) is 4.48. The molecule has 7 heteroatoms. The van der Waals surface area contributed by atoms with Gasteiger partial charge < -0.3 is 15.4 Å². The van der Waals surface area contributed by atoms with Crippen molar-refractivity contribution in [2.24, 2.45) is 4.99 Å². The van der Waals surface area contributed by atoms with E-state index in [1.165, 1.54) is 6.07 Å². The number of rotatable bonds is 7. The Kier molecular flexibility index (Phi) is 10.4. The molecule has 1 aromatic rings. The summed E-state index contributed by atoms with van der Waals surface area (Å²) in [6.07, 6.45) is 0.629. The quantitative estimate of drug-likeness (QED) is 0.360. The van der Waals surface area contributed by atoms with Crippen LogP contribution in [0.3, 0.4) is 0 Å². The molecule has 0 unspecified atom stereocenters. The van der Waals surface area contributed by atoms with Gasteiger partial charge in [0.2, 0.25) is 0 Å². The number of guanidine groups is 1. The zero-order valence-electron chi connectivity index (χ0n) is 16.1. The molecule has 0 amide bonds. The van der Waals surface area contributed by atoms with Crippen LogP contribution in [-0.2, 0) is 11.2 Å². The van der Waals surface area contributed by atoms with Crippen LogP contribution in [0.1, 0.15) is 26.3 Å². The molecule has 1 fully saturated rings. The second-order valence-electron chi connectivity index (χ2n) is 6.88. The maximum absolute atomic E-state index is 13.7. The fraction of sp³-hybridized carbons (Fsp3) is 0.632. The topological polar surface area (TPSA) is 48.9 Å². The first-order valence-corrected chi connectivity index (χ1v) is 9.11. The minimum atomic E-state index is -0.153. The maximum atomic E-state index is 13.7. The van der Waals surface area contributed by atoms with Gasteiger partial charge in [0.1, 0.15) is 5.82 Å². The predicted octanol–water partition coefficient (Wildman–Crippen LogP) is 2.65. The molecule has 0 atom stereocenters. The molecule has 26 heavy (non-hydrogen) atoms. The number of morpholine rings is 1. The van der Waals surface area contributed by atoms with Crippen molar-refractivity contribution in [2.75, 3.05) is 45.9 Å². The average Bonchev–Trinajstić information content (AvgIpc) is 2.62. The molecule has 1 aliphatic rings. The Morgan fingerprint density at radius 1 is 1.23 bits per heavy atom. The lowest BCUT2D eigenvalue weighted by molar-refractivity contribution is -0.00683. The Labute approximate surface area is 173 Å². The van der Waals surface area contributed by atoms with E-state index in [0.29, 0.717) is 19.5 Å². The minimum Gasteiger partial charge on any atom is -0.379 e. The number of aliphatic imine (C=N–C) groups is 1. The van der Waals surface area contributed by atoms with Gasteiger partial charge in [-0.05, 0) is 38.8 Å². The first-order valence-electron chi connectivity index (χ1n) is 9.11. The van der Waals surface area contributed by atoms with Gasteiger partial charge in [0.25, 0.3) is 0 Å². The van der Waals surface area contributed by atoms with E-state index in [-0.39, 0.29) is 35.3 Å². The lowest BCUT2D eigenvalue weighted by Gasteiger charge is -2.39. The second kappa shape index (κ2) is 11.7. The number of hydrogen-bond acceptors (Lipinski definition) is 3. The van der Waals surface area contributed by atoms with E-state index < -0.39 is 0 Å². The highest BCUT2D eigenvalue weighted by atomic mass is 127. The lowest BCUT2D eigenvalue weighted by atomic mass is 10.0. The lowest BCUT2D eigenvalue weighted by Crippen LogP contribution is -2.52. The summed E-state index contributed by atoms with van der Waals surface area (Å²) in [4.78, 5) is 7.15. The smallest absolute Gasteiger partial charge is 0.191 e.